The smallest absolute Gasteiger partial charge is 0.337 e. The number of allylic oxidation sites excluding steroid dienone is 2. The molecule has 0 bridgehead atoms. The van der Waals surface area contributed by atoms with E-state index in [4.69, 9.17) is 15.2 Å². The number of esters is 1. The van der Waals surface area contributed by atoms with Gasteiger partial charge in [-0.05, 0) is 25.7 Å². The molecular formula is C15H20N2O3. The van der Waals surface area contributed by atoms with Gasteiger partial charge < -0.3 is 15.2 Å². The first kappa shape index (κ1) is 14.4. The van der Waals surface area contributed by atoms with Crippen LogP contribution < -0.4 is 5.73 Å². The molecule has 5 heteroatoms. The Bertz CT molecular complexity index is 508. The van der Waals surface area contributed by atoms with Crippen molar-refractivity contribution >= 4 is 5.97 Å². The number of nitrogens with two attached hydrogens (primary N) is 1. The number of hydrogen-bond donors (Lipinski definition) is 1. The Hall–Kier alpha value is -1.96. The summed E-state index contributed by atoms with van der Waals surface area (Å²) in [5.74, 6) is 0.0990. The zero-order chi connectivity index (χ0) is 14.7. The molecule has 2 aliphatic rings. The molecule has 0 aromatic carbocycles. The predicted octanol–water partition coefficient (Wildman–Crippen LogP) is 2.35. The fourth-order valence-corrected chi connectivity index (χ4v) is 3.24. The lowest BCUT2D eigenvalue weighted by molar-refractivity contribution is -0.137. The molecule has 1 atom stereocenters. The van der Waals surface area contributed by atoms with Gasteiger partial charge in [0, 0.05) is 5.92 Å². The lowest BCUT2D eigenvalue weighted by Crippen LogP contribution is -2.32. The summed E-state index contributed by atoms with van der Waals surface area (Å²) in [6.07, 6.45) is 5.44. The number of rotatable bonds is 2. The van der Waals surface area contributed by atoms with Gasteiger partial charge in [0.25, 0.3) is 0 Å². The van der Waals surface area contributed by atoms with Gasteiger partial charge >= 0.3 is 5.97 Å². The number of hydrogen-bond acceptors (Lipinski definition) is 5. The van der Waals surface area contributed by atoms with Crippen LogP contribution in [0, 0.1) is 23.2 Å². The number of nitrogens with zero attached hydrogens (tertiary/aromatic N) is 1. The highest BCUT2D eigenvalue weighted by Gasteiger charge is 2.39. The third-order valence-corrected chi connectivity index (χ3v) is 4.18. The molecule has 20 heavy (non-hydrogen) atoms. The lowest BCUT2D eigenvalue weighted by atomic mass is 9.72. The topological polar surface area (TPSA) is 85.3 Å². The van der Waals surface area contributed by atoms with E-state index in [1.807, 2.05) is 0 Å². The second-order valence-corrected chi connectivity index (χ2v) is 5.33. The summed E-state index contributed by atoms with van der Waals surface area (Å²) in [5, 5.41) is 9.38. The highest BCUT2D eigenvalue weighted by molar-refractivity contribution is 5.90. The van der Waals surface area contributed by atoms with Gasteiger partial charge in [0.1, 0.15) is 11.8 Å². The van der Waals surface area contributed by atoms with Crippen LogP contribution in [0.3, 0.4) is 0 Å². The van der Waals surface area contributed by atoms with Crippen LogP contribution in [0.2, 0.25) is 0 Å². The maximum absolute atomic E-state index is 12.1. The van der Waals surface area contributed by atoms with E-state index in [0.29, 0.717) is 16.9 Å². The van der Waals surface area contributed by atoms with E-state index in [9.17, 15) is 10.1 Å². The maximum atomic E-state index is 12.1. The number of ether oxygens (including phenoxy) is 2. The van der Waals surface area contributed by atoms with Crippen LogP contribution in [-0.2, 0) is 14.3 Å². The summed E-state index contributed by atoms with van der Waals surface area (Å²) < 4.78 is 10.2. The van der Waals surface area contributed by atoms with Crippen LogP contribution >= 0.6 is 0 Å². The molecule has 0 amide bonds. The molecule has 1 aliphatic carbocycles. The quantitative estimate of drug-likeness (QED) is 0.782. The van der Waals surface area contributed by atoms with Crippen LogP contribution in [-0.4, -0.2) is 13.1 Å². The van der Waals surface area contributed by atoms with E-state index in [1.54, 1.807) is 6.92 Å². The third-order valence-electron chi connectivity index (χ3n) is 4.18. The molecule has 0 aromatic heterocycles. The molecule has 0 aromatic rings. The third kappa shape index (κ3) is 2.51. The van der Waals surface area contributed by atoms with Gasteiger partial charge in [-0.1, -0.05) is 19.3 Å². The van der Waals surface area contributed by atoms with Crippen molar-refractivity contribution in [3.8, 4) is 6.07 Å². The van der Waals surface area contributed by atoms with Crippen LogP contribution in [0.15, 0.2) is 22.8 Å². The van der Waals surface area contributed by atoms with Crippen molar-refractivity contribution in [1.29, 1.82) is 5.26 Å². The van der Waals surface area contributed by atoms with Crippen LogP contribution in [0.4, 0.5) is 0 Å². The Kier molecular flexibility index (Phi) is 4.33. The van der Waals surface area contributed by atoms with E-state index in [2.05, 4.69) is 6.07 Å². The summed E-state index contributed by atoms with van der Waals surface area (Å²) in [7, 11) is 1.34. The first-order valence-corrected chi connectivity index (χ1v) is 6.96. The van der Waals surface area contributed by atoms with Crippen molar-refractivity contribution < 1.29 is 14.3 Å². The van der Waals surface area contributed by atoms with Crippen molar-refractivity contribution in [3.05, 3.63) is 22.8 Å². The summed E-state index contributed by atoms with van der Waals surface area (Å²) in [6, 6.07) is 2.12. The van der Waals surface area contributed by atoms with Gasteiger partial charge in [-0.2, -0.15) is 5.26 Å². The Morgan fingerprint density at radius 2 is 2.05 bits per heavy atom. The maximum Gasteiger partial charge on any atom is 0.337 e. The SMILES string of the molecule is COC(=O)C1=C(C)OC(N)=C(C#N)[C@@H]1C1CCCCC1. The van der Waals surface area contributed by atoms with Crippen molar-refractivity contribution in [2.75, 3.05) is 7.11 Å². The van der Waals surface area contributed by atoms with Gasteiger partial charge in [0.15, 0.2) is 0 Å². The second-order valence-electron chi connectivity index (χ2n) is 5.33. The van der Waals surface area contributed by atoms with Crippen molar-refractivity contribution in [1.82, 2.24) is 0 Å². The first-order chi connectivity index (χ1) is 9.60. The highest BCUT2D eigenvalue weighted by Crippen LogP contribution is 2.42. The van der Waals surface area contributed by atoms with E-state index < -0.39 is 5.97 Å². The van der Waals surface area contributed by atoms with E-state index in [1.165, 1.54) is 13.5 Å². The molecule has 2 N–H and O–H groups in total. The Balaban J connectivity index is 2.44. The molecular weight excluding hydrogens is 256 g/mol. The van der Waals surface area contributed by atoms with E-state index >= 15 is 0 Å². The number of carbonyl (C=O) groups excluding carboxylic acids is 1. The van der Waals surface area contributed by atoms with Gasteiger partial charge in [-0.3, -0.25) is 0 Å². The predicted molar refractivity (Wildman–Crippen MR) is 72.7 cm³/mol. The molecule has 108 valence electrons. The Labute approximate surface area is 119 Å². The average Bonchev–Trinajstić information content (AvgIpc) is 2.46. The Morgan fingerprint density at radius 1 is 1.40 bits per heavy atom. The molecule has 1 heterocycles. The minimum atomic E-state index is -0.432. The number of nitriles is 1. The van der Waals surface area contributed by atoms with E-state index in [-0.39, 0.29) is 17.7 Å². The molecule has 5 nitrogen and oxygen atoms in total. The zero-order valence-corrected chi connectivity index (χ0v) is 11.9. The Morgan fingerprint density at radius 3 is 2.60 bits per heavy atom. The number of methoxy groups -OCH3 is 1. The van der Waals surface area contributed by atoms with Crippen molar-refractivity contribution in [2.24, 2.45) is 17.6 Å². The van der Waals surface area contributed by atoms with Crippen molar-refractivity contribution in [2.45, 2.75) is 39.0 Å². The molecule has 0 saturated heterocycles. The molecule has 0 radical (unpaired) electrons. The standard InChI is InChI=1S/C15H20N2O3/c1-9-12(15(18)19-2)13(10-6-4-3-5-7-10)11(8-16)14(17)20-9/h10,13H,3-7,17H2,1-2H3/t13-/m0/s1. The summed E-state index contributed by atoms with van der Waals surface area (Å²) in [5.41, 5.74) is 6.64. The second kappa shape index (κ2) is 6.00. The molecule has 1 aliphatic heterocycles. The summed E-state index contributed by atoms with van der Waals surface area (Å²) in [4.78, 5) is 12.1. The molecule has 0 unspecified atom stereocenters. The normalized spacial score (nSPS) is 24.1. The summed E-state index contributed by atoms with van der Waals surface area (Å²) >= 11 is 0. The van der Waals surface area contributed by atoms with Gasteiger partial charge in [-0.25, -0.2) is 4.79 Å². The highest BCUT2D eigenvalue weighted by atomic mass is 16.5. The van der Waals surface area contributed by atoms with Gasteiger partial charge in [0.05, 0.1) is 18.3 Å². The summed E-state index contributed by atoms with van der Waals surface area (Å²) in [6.45, 7) is 1.70. The molecule has 2 rings (SSSR count). The zero-order valence-electron chi connectivity index (χ0n) is 11.9. The lowest BCUT2D eigenvalue weighted by Gasteiger charge is -2.34. The van der Waals surface area contributed by atoms with Crippen LogP contribution in [0.5, 0.6) is 0 Å². The van der Waals surface area contributed by atoms with Crippen LogP contribution in [0.25, 0.3) is 0 Å². The van der Waals surface area contributed by atoms with Crippen LogP contribution in [0.1, 0.15) is 39.0 Å². The molecule has 0 spiro atoms. The fraction of sp³-hybridized carbons (Fsp3) is 0.600. The van der Waals surface area contributed by atoms with E-state index in [0.717, 1.165) is 25.7 Å². The largest absolute Gasteiger partial charge is 0.466 e. The average molecular weight is 276 g/mol. The molecule has 1 fully saturated rings. The van der Waals surface area contributed by atoms with Gasteiger partial charge in [0.2, 0.25) is 5.88 Å². The minimum absolute atomic E-state index is 0.119. The fourth-order valence-electron chi connectivity index (χ4n) is 3.24. The van der Waals surface area contributed by atoms with Gasteiger partial charge in [-0.15, -0.1) is 0 Å². The monoisotopic (exact) mass is 276 g/mol. The minimum Gasteiger partial charge on any atom is -0.466 e. The molecule has 1 saturated carbocycles. The number of carbonyl (C=O) groups is 1. The first-order valence-electron chi connectivity index (χ1n) is 6.96. The van der Waals surface area contributed by atoms with Crippen molar-refractivity contribution in [3.63, 3.8) is 0 Å².